The van der Waals surface area contributed by atoms with Crippen LogP contribution in [0.4, 0.5) is 0 Å². The molecule has 0 spiro atoms. The van der Waals surface area contributed by atoms with Gasteiger partial charge >= 0.3 is 5.97 Å². The van der Waals surface area contributed by atoms with Gasteiger partial charge in [-0.1, -0.05) is 31.5 Å². The molecule has 0 aliphatic carbocycles. The number of ether oxygens (including phenoxy) is 3. The van der Waals surface area contributed by atoms with E-state index >= 15 is 0 Å². The van der Waals surface area contributed by atoms with Gasteiger partial charge in [-0.2, -0.15) is 4.31 Å². The Morgan fingerprint density at radius 2 is 1.81 bits per heavy atom. The summed E-state index contributed by atoms with van der Waals surface area (Å²) in [6, 6.07) is 9.09. The highest BCUT2D eigenvalue weighted by atomic mass is 35.5. The molecule has 172 valence electrons. The van der Waals surface area contributed by atoms with Gasteiger partial charge in [-0.25, -0.2) is 13.2 Å². The number of rotatable bonds is 9. The highest BCUT2D eigenvalue weighted by molar-refractivity contribution is 7.89. The maximum absolute atomic E-state index is 12.8. The van der Waals surface area contributed by atoms with Crippen molar-refractivity contribution in [3.8, 4) is 11.5 Å². The Balaban J connectivity index is 1.59. The van der Waals surface area contributed by atoms with E-state index in [2.05, 4.69) is 5.32 Å². The number of carbonyl (C=O) groups excluding carboxylic acids is 2. The Kier molecular flexibility index (Phi) is 7.60. The van der Waals surface area contributed by atoms with E-state index in [4.69, 9.17) is 25.8 Å². The van der Waals surface area contributed by atoms with Crippen LogP contribution in [0.5, 0.6) is 11.5 Å². The molecular formula is C21H23ClN2O7S. The fraction of sp³-hybridized carbons (Fsp3) is 0.333. The molecule has 0 saturated heterocycles. The largest absolute Gasteiger partial charge is 0.454 e. The molecule has 0 unspecified atom stereocenters. The van der Waals surface area contributed by atoms with Crippen molar-refractivity contribution in [2.24, 2.45) is 0 Å². The first-order valence-electron chi connectivity index (χ1n) is 9.88. The zero-order valence-electron chi connectivity index (χ0n) is 17.6. The van der Waals surface area contributed by atoms with Crippen LogP contribution in [0.15, 0.2) is 41.3 Å². The van der Waals surface area contributed by atoms with Crippen molar-refractivity contribution in [1.82, 2.24) is 9.62 Å². The number of sulfonamides is 1. The molecular weight excluding hydrogens is 460 g/mol. The van der Waals surface area contributed by atoms with Gasteiger partial charge in [0.1, 0.15) is 4.90 Å². The zero-order valence-corrected chi connectivity index (χ0v) is 19.2. The Bertz CT molecular complexity index is 1120. The third-order valence-corrected chi connectivity index (χ3v) is 7.28. The van der Waals surface area contributed by atoms with Gasteiger partial charge in [0.15, 0.2) is 18.1 Å². The summed E-state index contributed by atoms with van der Waals surface area (Å²) >= 11 is 6.07. The maximum Gasteiger partial charge on any atom is 0.338 e. The van der Waals surface area contributed by atoms with E-state index in [9.17, 15) is 18.0 Å². The quantitative estimate of drug-likeness (QED) is 0.547. The number of hydrogen-bond donors (Lipinski definition) is 1. The summed E-state index contributed by atoms with van der Waals surface area (Å²) in [5.74, 6) is -0.113. The van der Waals surface area contributed by atoms with Crippen molar-refractivity contribution in [2.75, 3.05) is 26.5 Å². The maximum atomic E-state index is 12.8. The predicted molar refractivity (Wildman–Crippen MR) is 116 cm³/mol. The van der Waals surface area contributed by atoms with Crippen LogP contribution in [0, 0.1) is 0 Å². The van der Waals surface area contributed by atoms with E-state index < -0.39 is 28.5 Å². The fourth-order valence-electron chi connectivity index (χ4n) is 3.05. The number of carbonyl (C=O) groups is 2. The van der Waals surface area contributed by atoms with Crippen LogP contribution >= 0.6 is 11.6 Å². The van der Waals surface area contributed by atoms with E-state index in [1.54, 1.807) is 32.0 Å². The third kappa shape index (κ3) is 5.32. The number of nitrogens with one attached hydrogen (secondary N) is 1. The number of halogens is 1. The lowest BCUT2D eigenvalue weighted by Crippen LogP contribution is -2.31. The molecule has 2 aromatic rings. The molecule has 32 heavy (non-hydrogen) atoms. The Morgan fingerprint density at radius 1 is 1.09 bits per heavy atom. The highest BCUT2D eigenvalue weighted by Gasteiger charge is 2.26. The normalized spacial score (nSPS) is 12.6. The monoisotopic (exact) mass is 482 g/mol. The summed E-state index contributed by atoms with van der Waals surface area (Å²) in [6.45, 7) is 3.76. The summed E-state index contributed by atoms with van der Waals surface area (Å²) in [5.41, 5.74) is 0.765. The van der Waals surface area contributed by atoms with E-state index in [1.807, 2.05) is 0 Å². The number of fused-ring (bicyclic) bond motifs is 1. The molecule has 1 aliphatic heterocycles. The van der Waals surface area contributed by atoms with Gasteiger partial charge < -0.3 is 19.5 Å². The van der Waals surface area contributed by atoms with E-state index in [0.29, 0.717) is 11.5 Å². The molecule has 1 N–H and O–H groups in total. The molecule has 1 heterocycles. The van der Waals surface area contributed by atoms with E-state index in [1.165, 1.54) is 16.4 Å². The van der Waals surface area contributed by atoms with Crippen LogP contribution in [-0.2, 0) is 26.1 Å². The minimum atomic E-state index is -3.87. The van der Waals surface area contributed by atoms with Crippen molar-refractivity contribution < 1.29 is 32.2 Å². The molecule has 11 heteroatoms. The van der Waals surface area contributed by atoms with Crippen molar-refractivity contribution >= 4 is 33.5 Å². The lowest BCUT2D eigenvalue weighted by Gasteiger charge is -2.19. The first kappa shape index (κ1) is 23.8. The van der Waals surface area contributed by atoms with Gasteiger partial charge in [0, 0.05) is 19.6 Å². The molecule has 1 amide bonds. The molecule has 2 aromatic carbocycles. The lowest BCUT2D eigenvalue weighted by molar-refractivity contribution is -0.124. The SMILES string of the molecule is CCN(CC)S(=O)(=O)c1cc(C(=O)OCC(=O)NCc2ccc3c(c2)OCO3)ccc1Cl. The molecule has 0 saturated carbocycles. The summed E-state index contributed by atoms with van der Waals surface area (Å²) in [6.07, 6.45) is 0. The van der Waals surface area contributed by atoms with Gasteiger partial charge in [0.2, 0.25) is 16.8 Å². The Hall–Kier alpha value is -2.82. The number of nitrogens with zero attached hydrogens (tertiary/aromatic N) is 1. The zero-order chi connectivity index (χ0) is 23.3. The second-order valence-electron chi connectivity index (χ2n) is 6.78. The predicted octanol–water partition coefficient (Wildman–Crippen LogP) is 2.57. The molecule has 1 aliphatic rings. The van der Waals surface area contributed by atoms with Crippen LogP contribution in [0.25, 0.3) is 0 Å². The van der Waals surface area contributed by atoms with Crippen LogP contribution in [0.3, 0.4) is 0 Å². The number of esters is 1. The summed E-state index contributed by atoms with van der Waals surface area (Å²) in [5, 5.41) is 2.63. The Labute approximate surface area is 191 Å². The number of amides is 1. The van der Waals surface area contributed by atoms with Crippen molar-refractivity contribution in [2.45, 2.75) is 25.3 Å². The average molecular weight is 483 g/mol. The van der Waals surface area contributed by atoms with Crippen LogP contribution in [0.2, 0.25) is 5.02 Å². The van der Waals surface area contributed by atoms with Crippen LogP contribution in [-0.4, -0.2) is 51.1 Å². The fourth-order valence-corrected chi connectivity index (χ4v) is 5.01. The smallest absolute Gasteiger partial charge is 0.338 e. The van der Waals surface area contributed by atoms with Crippen LogP contribution < -0.4 is 14.8 Å². The second-order valence-corrected chi connectivity index (χ2v) is 9.09. The van der Waals surface area contributed by atoms with Crippen molar-refractivity contribution in [1.29, 1.82) is 0 Å². The highest BCUT2D eigenvalue weighted by Crippen LogP contribution is 2.32. The van der Waals surface area contributed by atoms with E-state index in [0.717, 1.165) is 11.6 Å². The summed E-state index contributed by atoms with van der Waals surface area (Å²) in [7, 11) is -3.87. The van der Waals surface area contributed by atoms with Gasteiger partial charge in [-0.15, -0.1) is 0 Å². The van der Waals surface area contributed by atoms with E-state index in [-0.39, 0.29) is 41.9 Å². The Morgan fingerprint density at radius 3 is 2.53 bits per heavy atom. The first-order chi connectivity index (χ1) is 15.3. The van der Waals surface area contributed by atoms with Crippen LogP contribution in [0.1, 0.15) is 29.8 Å². The summed E-state index contributed by atoms with van der Waals surface area (Å²) in [4.78, 5) is 24.2. The standard InChI is InChI=1S/C21H23ClN2O7S/c1-3-24(4-2)32(27,28)19-10-15(6-7-16(19)22)21(26)29-12-20(25)23-11-14-5-8-17-18(9-14)31-13-30-17/h5-10H,3-4,11-13H2,1-2H3,(H,23,25). The number of benzene rings is 2. The topological polar surface area (TPSA) is 111 Å². The molecule has 0 radical (unpaired) electrons. The molecule has 0 aromatic heterocycles. The van der Waals surface area contributed by atoms with Gasteiger partial charge in [0.25, 0.3) is 5.91 Å². The molecule has 0 bridgehead atoms. The molecule has 0 atom stereocenters. The minimum Gasteiger partial charge on any atom is -0.454 e. The van der Waals surface area contributed by atoms with Gasteiger partial charge in [-0.3, -0.25) is 4.79 Å². The molecule has 3 rings (SSSR count). The second kappa shape index (κ2) is 10.2. The minimum absolute atomic E-state index is 0.00470. The average Bonchev–Trinajstić information content (AvgIpc) is 3.24. The summed E-state index contributed by atoms with van der Waals surface area (Å²) < 4.78 is 42.3. The first-order valence-corrected chi connectivity index (χ1v) is 11.7. The van der Waals surface area contributed by atoms with Crippen molar-refractivity contribution in [3.05, 3.63) is 52.5 Å². The van der Waals surface area contributed by atoms with Gasteiger partial charge in [-0.05, 0) is 35.9 Å². The van der Waals surface area contributed by atoms with Crippen molar-refractivity contribution in [3.63, 3.8) is 0 Å². The molecule has 9 nitrogen and oxygen atoms in total. The number of hydrogen-bond acceptors (Lipinski definition) is 7. The third-order valence-electron chi connectivity index (χ3n) is 4.75. The lowest BCUT2D eigenvalue weighted by atomic mass is 10.2. The van der Waals surface area contributed by atoms with Gasteiger partial charge in [0.05, 0.1) is 10.6 Å². The molecule has 0 fully saturated rings.